The summed E-state index contributed by atoms with van der Waals surface area (Å²) in [6.45, 7) is 4.71. The van der Waals surface area contributed by atoms with Crippen LogP contribution in [0.2, 0.25) is 0 Å². The molecule has 3 N–H and O–H groups in total. The number of aliphatic hydroxyl groups is 1. The van der Waals surface area contributed by atoms with Crippen molar-refractivity contribution < 1.29 is 30.6 Å². The van der Waals surface area contributed by atoms with Gasteiger partial charge in [-0.25, -0.2) is 9.97 Å². The van der Waals surface area contributed by atoms with Crippen molar-refractivity contribution in [3.63, 3.8) is 0 Å². The Morgan fingerprint density at radius 1 is 1.32 bits per heavy atom. The smallest absolute Gasteiger partial charge is 1.00 e. The van der Waals surface area contributed by atoms with Crippen molar-refractivity contribution in [3.05, 3.63) is 33.7 Å². The molecule has 22 heavy (non-hydrogen) atoms. The van der Waals surface area contributed by atoms with E-state index in [-0.39, 0.29) is 141 Å². The molecule has 0 fully saturated rings. The largest absolute Gasteiger partial charge is 2.00 e. The van der Waals surface area contributed by atoms with E-state index in [1.807, 2.05) is 19.4 Å². The number of aromatic nitrogens is 3. The van der Waals surface area contributed by atoms with Crippen LogP contribution in [0, 0.1) is 13.8 Å². The molecule has 2 rings (SSSR count). The molecule has 10 heteroatoms. The average molecular weight is 427 g/mol. The number of anilines is 1. The zero-order chi connectivity index (χ0) is 13.1. The van der Waals surface area contributed by atoms with Crippen LogP contribution in [-0.4, -0.2) is 135 Å². The Labute approximate surface area is 239 Å². The van der Waals surface area contributed by atoms with E-state index >= 15 is 0 Å². The van der Waals surface area contributed by atoms with Crippen LogP contribution in [0.4, 0.5) is 5.82 Å². The van der Waals surface area contributed by atoms with Crippen molar-refractivity contribution in [1.82, 2.24) is 9.97 Å². The number of aliphatic hydroxyl groups excluding tert-OH is 1. The number of nitrogens with zero attached hydrogens (tertiary/aromatic N) is 3. The molecule has 0 saturated carbocycles. The molecule has 0 spiro atoms. The Balaban J connectivity index is -0.0000000516. The first-order valence-electron chi connectivity index (χ1n) is 5.77. The Kier molecular flexibility index (Phi) is 19.6. The summed E-state index contributed by atoms with van der Waals surface area (Å²) < 4.78 is 2.11. The number of thiazole rings is 1. The number of nitrogens with two attached hydrogens (primary N) is 1. The molecule has 0 aliphatic rings. The number of hydrogen-bond acceptors (Lipinski definition) is 5. The molecule has 0 unspecified atom stereocenters. The van der Waals surface area contributed by atoms with Crippen LogP contribution in [0.15, 0.2) is 11.7 Å². The standard InChI is InChI=1S/C12H17N4OS.3Ca.ClH.6H/c1-8-11(3-4-17)18-7-16(8)6-10-5-14-9(2)15-12(10)13;;;;;;;;;;/h5,7,17H,3-4,6H2,1-2H3,(H2,13,14,15);;;;1H;;;;;;/q+1;3*+2;;6*-1/p-1. The molecular weight excluding hydrogens is 404 g/mol. The molecule has 0 amide bonds. The second-order valence-corrected chi connectivity index (χ2v) is 5.10. The number of nitrogen functional groups attached to an aromatic ring is 1. The third-order valence-corrected chi connectivity index (χ3v) is 4.00. The summed E-state index contributed by atoms with van der Waals surface area (Å²) in [4.78, 5) is 9.53. The zero-order valence-corrected chi connectivity index (χ0v) is 21.2. The summed E-state index contributed by atoms with van der Waals surface area (Å²) in [6, 6.07) is 0. The van der Waals surface area contributed by atoms with Gasteiger partial charge in [-0.2, -0.15) is 4.57 Å². The van der Waals surface area contributed by atoms with Gasteiger partial charge in [-0.15, -0.1) is 0 Å². The van der Waals surface area contributed by atoms with Crippen LogP contribution >= 0.6 is 11.3 Å². The quantitative estimate of drug-likeness (QED) is 0.407. The Morgan fingerprint density at radius 3 is 2.50 bits per heavy atom. The number of aryl methyl sites for hydroxylation is 1. The third-order valence-electron chi connectivity index (χ3n) is 2.85. The van der Waals surface area contributed by atoms with E-state index in [4.69, 9.17) is 10.8 Å². The SMILES string of the molecule is Cc1ncc(C[n+]2csc(CCO)c2C)c(N)n1.[Ca+2].[Ca+2].[Ca+2].[Cl-].[H-].[H-].[H-].[H-].[H-].[H-]. The molecule has 5 nitrogen and oxygen atoms in total. The summed E-state index contributed by atoms with van der Waals surface area (Å²) in [5.41, 5.74) is 10.0. The predicted molar refractivity (Wildman–Crippen MR) is 94.3 cm³/mol. The van der Waals surface area contributed by atoms with E-state index in [1.165, 1.54) is 4.88 Å². The van der Waals surface area contributed by atoms with E-state index in [9.17, 15) is 0 Å². The van der Waals surface area contributed by atoms with Crippen molar-refractivity contribution in [2.24, 2.45) is 0 Å². The molecule has 2 heterocycles. The van der Waals surface area contributed by atoms with Crippen molar-refractivity contribution in [1.29, 1.82) is 0 Å². The maximum Gasteiger partial charge on any atom is 2.00 e. The molecule has 0 aliphatic heterocycles. The first-order valence-corrected chi connectivity index (χ1v) is 6.65. The van der Waals surface area contributed by atoms with Gasteiger partial charge in [0.1, 0.15) is 11.6 Å². The fourth-order valence-corrected chi connectivity index (χ4v) is 2.75. The van der Waals surface area contributed by atoms with Gasteiger partial charge in [0.15, 0.2) is 12.2 Å². The molecule has 0 aromatic carbocycles. The fourth-order valence-electron chi connectivity index (χ4n) is 1.77. The van der Waals surface area contributed by atoms with Crippen LogP contribution in [-0.2, 0) is 13.0 Å². The monoisotopic (exact) mass is 426 g/mol. The Morgan fingerprint density at radius 2 is 1.95 bits per heavy atom. The molecule has 0 radical (unpaired) electrons. The predicted octanol–water partition coefficient (Wildman–Crippen LogP) is -2.86. The number of halogens is 1. The van der Waals surface area contributed by atoms with E-state index in [2.05, 4.69) is 14.5 Å². The minimum atomic E-state index is 0. The van der Waals surface area contributed by atoms with Crippen LogP contribution in [0.3, 0.4) is 0 Å². The summed E-state index contributed by atoms with van der Waals surface area (Å²) >= 11 is 1.65. The van der Waals surface area contributed by atoms with E-state index in [0.717, 1.165) is 11.3 Å². The summed E-state index contributed by atoms with van der Waals surface area (Å²) in [5, 5.41) is 8.98. The molecule has 2 aromatic heterocycles. The van der Waals surface area contributed by atoms with Gasteiger partial charge in [-0.05, 0) is 6.92 Å². The number of hydrogen-bond donors (Lipinski definition) is 2. The zero-order valence-electron chi connectivity index (χ0n) is 19.0. The first kappa shape index (κ1) is 29.3. The molecule has 116 valence electrons. The van der Waals surface area contributed by atoms with Crippen molar-refractivity contribution >= 4 is 130 Å². The van der Waals surface area contributed by atoms with E-state index in [0.29, 0.717) is 24.6 Å². The van der Waals surface area contributed by atoms with Gasteiger partial charge in [0, 0.05) is 26.1 Å². The van der Waals surface area contributed by atoms with Gasteiger partial charge in [0.25, 0.3) is 0 Å². The van der Waals surface area contributed by atoms with Gasteiger partial charge in [0.05, 0.1) is 10.4 Å². The third kappa shape index (κ3) is 8.28. The molecule has 0 bridgehead atoms. The van der Waals surface area contributed by atoms with Crippen LogP contribution in [0.25, 0.3) is 0 Å². The fraction of sp³-hybridized carbons (Fsp3) is 0.417. The van der Waals surface area contributed by atoms with Crippen molar-refractivity contribution in [2.45, 2.75) is 26.8 Å². The van der Waals surface area contributed by atoms with Gasteiger partial charge in [-0.1, -0.05) is 11.3 Å². The normalized spacial score (nSPS) is 8.86. The first-order chi connectivity index (χ1) is 8.61. The van der Waals surface area contributed by atoms with Crippen LogP contribution in [0.1, 0.15) is 30.5 Å². The molecule has 2 aromatic rings. The minimum absolute atomic E-state index is 0. The van der Waals surface area contributed by atoms with E-state index in [1.54, 1.807) is 17.5 Å². The number of rotatable bonds is 4. The van der Waals surface area contributed by atoms with Crippen LogP contribution < -0.4 is 22.7 Å². The summed E-state index contributed by atoms with van der Waals surface area (Å²) in [6.07, 6.45) is 2.47. The maximum absolute atomic E-state index is 8.98. The van der Waals surface area contributed by atoms with Gasteiger partial charge in [0.2, 0.25) is 5.51 Å². The van der Waals surface area contributed by atoms with Gasteiger partial charge < -0.3 is 31.8 Å². The van der Waals surface area contributed by atoms with Gasteiger partial charge >= 0.3 is 113 Å². The molecule has 0 saturated heterocycles. The maximum atomic E-state index is 8.98. The van der Waals surface area contributed by atoms with Gasteiger partial charge in [-0.3, -0.25) is 0 Å². The van der Waals surface area contributed by atoms with Crippen molar-refractivity contribution in [2.75, 3.05) is 12.3 Å². The van der Waals surface area contributed by atoms with E-state index < -0.39 is 0 Å². The second-order valence-electron chi connectivity index (χ2n) is 4.16. The summed E-state index contributed by atoms with van der Waals surface area (Å²) in [5.74, 6) is 1.22. The summed E-state index contributed by atoms with van der Waals surface area (Å²) in [7, 11) is 0. The second kappa shape index (κ2) is 14.7. The Bertz CT molecular complexity index is 592. The Hall–Kier alpha value is 2.54. The molecule has 0 atom stereocenters. The topological polar surface area (TPSA) is 75.9 Å². The van der Waals surface area contributed by atoms with Crippen molar-refractivity contribution in [3.8, 4) is 0 Å². The minimum Gasteiger partial charge on any atom is -1.00 e. The average Bonchev–Trinajstić information content (AvgIpc) is 2.66. The van der Waals surface area contributed by atoms with Crippen LogP contribution in [0.5, 0.6) is 0 Å². The molecular formula is C12H23Ca3ClN4OS. The molecule has 0 aliphatic carbocycles.